The molecule has 176 valence electrons. The number of carbonyl (C=O) groups excluding carboxylic acids is 2. The fraction of sp³-hybridized carbons (Fsp3) is 0.360. The minimum Gasteiger partial charge on any atom is -0.449 e. The molecule has 3 rings (SSSR count). The summed E-state index contributed by atoms with van der Waals surface area (Å²) in [5.41, 5.74) is 0.540. The van der Waals surface area contributed by atoms with Crippen molar-refractivity contribution in [1.82, 2.24) is 5.32 Å². The zero-order chi connectivity index (χ0) is 23.8. The number of nitrogens with zero attached hydrogens (tertiary/aromatic N) is 1. The third-order valence-corrected chi connectivity index (χ3v) is 7.39. The lowest BCUT2D eigenvalue weighted by Gasteiger charge is -2.24. The lowest BCUT2D eigenvalue weighted by molar-refractivity contribution is -0.130. The lowest BCUT2D eigenvalue weighted by Crippen LogP contribution is -2.42. The maximum absolute atomic E-state index is 13.3. The van der Waals surface area contributed by atoms with Crippen LogP contribution < -0.4 is 9.62 Å². The average Bonchev–Trinajstić information content (AvgIpc) is 2.83. The van der Waals surface area contributed by atoms with Crippen LogP contribution in [0.15, 0.2) is 72.1 Å². The molecule has 0 saturated heterocycles. The first kappa shape index (κ1) is 24.5. The van der Waals surface area contributed by atoms with Gasteiger partial charge in [0, 0.05) is 6.04 Å². The molecular weight excluding hydrogens is 440 g/mol. The minimum absolute atomic E-state index is 0.0537. The van der Waals surface area contributed by atoms with E-state index in [0.29, 0.717) is 5.69 Å². The molecule has 1 unspecified atom stereocenters. The Labute approximate surface area is 195 Å². The maximum atomic E-state index is 13.3. The van der Waals surface area contributed by atoms with Crippen molar-refractivity contribution in [2.45, 2.75) is 56.1 Å². The van der Waals surface area contributed by atoms with Gasteiger partial charge in [-0.3, -0.25) is 9.10 Å². The molecule has 0 bridgehead atoms. The fourth-order valence-corrected chi connectivity index (χ4v) is 5.29. The second-order valence-corrected chi connectivity index (χ2v) is 9.94. The van der Waals surface area contributed by atoms with E-state index in [0.717, 1.165) is 25.7 Å². The normalized spacial score (nSPS) is 15.3. The molecule has 0 aromatic heterocycles. The molecule has 0 spiro atoms. The summed E-state index contributed by atoms with van der Waals surface area (Å²) in [6, 6.07) is 14.4. The van der Waals surface area contributed by atoms with Gasteiger partial charge in [-0.25, -0.2) is 13.2 Å². The van der Waals surface area contributed by atoms with E-state index in [1.54, 1.807) is 30.3 Å². The van der Waals surface area contributed by atoms with Gasteiger partial charge < -0.3 is 10.1 Å². The van der Waals surface area contributed by atoms with Crippen molar-refractivity contribution in [2.75, 3.05) is 10.8 Å². The third-order valence-electron chi connectivity index (χ3n) is 5.60. The number of nitrogens with one attached hydrogen (secondary N) is 1. The first-order valence-electron chi connectivity index (χ1n) is 11.1. The highest BCUT2D eigenvalue weighted by molar-refractivity contribution is 7.92. The molecule has 1 aliphatic carbocycles. The summed E-state index contributed by atoms with van der Waals surface area (Å²) in [5.74, 6) is -1.10. The molecule has 1 amide bonds. The van der Waals surface area contributed by atoms with Crippen LogP contribution in [0.4, 0.5) is 5.69 Å². The Morgan fingerprint density at radius 2 is 1.82 bits per heavy atom. The highest BCUT2D eigenvalue weighted by Gasteiger charge is 2.26. The van der Waals surface area contributed by atoms with Gasteiger partial charge in [-0.15, -0.1) is 6.58 Å². The van der Waals surface area contributed by atoms with E-state index in [4.69, 9.17) is 4.74 Å². The van der Waals surface area contributed by atoms with Crippen molar-refractivity contribution in [2.24, 2.45) is 0 Å². The Kier molecular flexibility index (Phi) is 8.27. The molecule has 0 aliphatic heterocycles. The number of anilines is 1. The largest absolute Gasteiger partial charge is 0.449 e. The molecule has 8 heteroatoms. The Bertz CT molecular complexity index is 1080. The van der Waals surface area contributed by atoms with Gasteiger partial charge in [-0.1, -0.05) is 49.6 Å². The molecule has 1 atom stereocenters. The number of sulfonamides is 1. The molecule has 1 saturated carbocycles. The summed E-state index contributed by atoms with van der Waals surface area (Å²) in [6.45, 7) is 5.23. The molecular formula is C25H30N2O5S. The predicted octanol–water partition coefficient (Wildman–Crippen LogP) is 4.06. The monoisotopic (exact) mass is 470 g/mol. The number of carbonyl (C=O) groups is 2. The number of para-hydroxylation sites is 1. The molecule has 33 heavy (non-hydrogen) atoms. The summed E-state index contributed by atoms with van der Waals surface area (Å²) >= 11 is 0. The Morgan fingerprint density at radius 1 is 1.12 bits per heavy atom. The number of hydrogen-bond acceptors (Lipinski definition) is 5. The van der Waals surface area contributed by atoms with Crippen molar-refractivity contribution < 1.29 is 22.7 Å². The van der Waals surface area contributed by atoms with Crippen molar-refractivity contribution in [1.29, 1.82) is 0 Å². The predicted molar refractivity (Wildman–Crippen MR) is 128 cm³/mol. The van der Waals surface area contributed by atoms with E-state index >= 15 is 0 Å². The van der Waals surface area contributed by atoms with E-state index in [-0.39, 0.29) is 29.0 Å². The highest BCUT2D eigenvalue weighted by Crippen LogP contribution is 2.24. The van der Waals surface area contributed by atoms with Gasteiger partial charge in [0.05, 0.1) is 22.7 Å². The Hall–Kier alpha value is -3.13. The molecule has 1 fully saturated rings. The quantitative estimate of drug-likeness (QED) is 0.441. The van der Waals surface area contributed by atoms with Crippen molar-refractivity contribution >= 4 is 27.6 Å². The van der Waals surface area contributed by atoms with Gasteiger partial charge in [0.2, 0.25) is 0 Å². The number of hydrogen-bond donors (Lipinski definition) is 1. The first-order valence-corrected chi connectivity index (χ1v) is 12.6. The van der Waals surface area contributed by atoms with Crippen LogP contribution in [0.25, 0.3) is 0 Å². The lowest BCUT2D eigenvalue weighted by atomic mass is 9.95. The van der Waals surface area contributed by atoms with Gasteiger partial charge in [0.25, 0.3) is 15.9 Å². The number of benzene rings is 2. The summed E-state index contributed by atoms with van der Waals surface area (Å²) in [4.78, 5) is 25.0. The van der Waals surface area contributed by atoms with E-state index in [1.807, 2.05) is 0 Å². The van der Waals surface area contributed by atoms with Gasteiger partial charge in [-0.05, 0) is 50.1 Å². The molecule has 2 aromatic carbocycles. The number of esters is 1. The zero-order valence-electron chi connectivity index (χ0n) is 18.8. The number of rotatable bonds is 9. The smallest absolute Gasteiger partial charge is 0.338 e. The van der Waals surface area contributed by atoms with Crippen LogP contribution in [0.2, 0.25) is 0 Å². The van der Waals surface area contributed by atoms with Crippen LogP contribution in [0.1, 0.15) is 49.4 Å². The van der Waals surface area contributed by atoms with Crippen molar-refractivity contribution in [3.8, 4) is 0 Å². The van der Waals surface area contributed by atoms with Gasteiger partial charge >= 0.3 is 5.97 Å². The van der Waals surface area contributed by atoms with Gasteiger partial charge in [0.15, 0.2) is 6.10 Å². The Balaban J connectivity index is 1.74. The SMILES string of the molecule is C=CCN(c1ccccc1)S(=O)(=O)c1cccc(C(=O)OC(C)C(=O)NC2CCCCC2)c1. The van der Waals surface area contributed by atoms with Gasteiger partial charge in [-0.2, -0.15) is 0 Å². The molecule has 1 N–H and O–H groups in total. The molecule has 1 aliphatic rings. The van der Waals surface area contributed by atoms with Crippen molar-refractivity contribution in [3.05, 3.63) is 72.8 Å². The summed E-state index contributed by atoms with van der Waals surface area (Å²) in [6.07, 6.45) is 5.68. The Morgan fingerprint density at radius 3 is 2.48 bits per heavy atom. The highest BCUT2D eigenvalue weighted by atomic mass is 32.2. The van der Waals surface area contributed by atoms with Crippen molar-refractivity contribution in [3.63, 3.8) is 0 Å². The van der Waals surface area contributed by atoms with Crippen LogP contribution >= 0.6 is 0 Å². The van der Waals surface area contributed by atoms with E-state index in [2.05, 4.69) is 11.9 Å². The molecule has 7 nitrogen and oxygen atoms in total. The van der Waals surface area contributed by atoms with E-state index in [9.17, 15) is 18.0 Å². The molecule has 0 heterocycles. The van der Waals surface area contributed by atoms with Crippen LogP contribution in [0, 0.1) is 0 Å². The first-order chi connectivity index (χ1) is 15.8. The second kappa shape index (κ2) is 11.1. The summed E-state index contributed by atoms with van der Waals surface area (Å²) < 4.78 is 33.2. The maximum Gasteiger partial charge on any atom is 0.338 e. The van der Waals surface area contributed by atoms with Crippen LogP contribution in [0.3, 0.4) is 0 Å². The zero-order valence-corrected chi connectivity index (χ0v) is 19.6. The topological polar surface area (TPSA) is 92.8 Å². The van der Waals surface area contributed by atoms with Crippen LogP contribution in [-0.2, 0) is 19.6 Å². The third kappa shape index (κ3) is 6.22. The second-order valence-electron chi connectivity index (χ2n) is 8.08. The molecule has 0 radical (unpaired) electrons. The standard InChI is InChI=1S/C25H30N2O5S/c1-3-17-27(22-14-8-5-9-15-22)33(30,31)23-16-10-11-20(18-23)25(29)32-19(2)24(28)26-21-12-6-4-7-13-21/h3,5,8-11,14-16,18-19,21H,1,4,6-7,12-13,17H2,2H3,(H,26,28). The van der Waals surface area contributed by atoms with Crippen LogP contribution in [-0.4, -0.2) is 39.0 Å². The van der Waals surface area contributed by atoms with E-state index < -0.39 is 22.1 Å². The molecule has 2 aromatic rings. The number of ether oxygens (including phenoxy) is 1. The summed E-state index contributed by atoms with van der Waals surface area (Å²) in [7, 11) is -3.96. The minimum atomic E-state index is -3.96. The van der Waals surface area contributed by atoms with E-state index in [1.165, 1.54) is 48.0 Å². The average molecular weight is 471 g/mol. The fourth-order valence-electron chi connectivity index (χ4n) is 3.81. The van der Waals surface area contributed by atoms with Crippen LogP contribution in [0.5, 0.6) is 0 Å². The van der Waals surface area contributed by atoms with Gasteiger partial charge in [0.1, 0.15) is 0 Å². The number of amides is 1. The summed E-state index contributed by atoms with van der Waals surface area (Å²) in [5, 5.41) is 2.93.